The van der Waals surface area contributed by atoms with Crippen LogP contribution in [0.15, 0.2) is 30.3 Å². The van der Waals surface area contributed by atoms with Gasteiger partial charge >= 0.3 is 5.97 Å². The van der Waals surface area contributed by atoms with Gasteiger partial charge in [0.1, 0.15) is 6.04 Å². The second-order valence-corrected chi connectivity index (χ2v) is 5.56. The summed E-state index contributed by atoms with van der Waals surface area (Å²) in [6, 6.07) is 8.54. The summed E-state index contributed by atoms with van der Waals surface area (Å²) in [7, 11) is 0. The van der Waals surface area contributed by atoms with E-state index in [1.807, 2.05) is 24.3 Å². The summed E-state index contributed by atoms with van der Waals surface area (Å²) < 4.78 is 1.01. The Morgan fingerprint density at radius 3 is 2.74 bits per heavy atom. The maximum Gasteiger partial charge on any atom is 0.326 e. The Morgan fingerprint density at radius 1 is 1.37 bits per heavy atom. The molecule has 2 rings (SSSR count). The van der Waals surface area contributed by atoms with Crippen molar-refractivity contribution in [2.45, 2.75) is 12.5 Å². The van der Waals surface area contributed by atoms with Crippen molar-refractivity contribution in [1.29, 1.82) is 0 Å². The summed E-state index contributed by atoms with van der Waals surface area (Å²) in [5, 5.41) is 12.5. The van der Waals surface area contributed by atoms with E-state index in [4.69, 9.17) is 5.11 Å². The van der Waals surface area contributed by atoms with Gasteiger partial charge in [0.25, 0.3) is 5.91 Å². The Labute approximate surface area is 119 Å². The zero-order chi connectivity index (χ0) is 13.8. The van der Waals surface area contributed by atoms with Crippen LogP contribution in [-0.4, -0.2) is 28.8 Å². The van der Waals surface area contributed by atoms with Crippen LogP contribution in [0.5, 0.6) is 0 Å². The molecule has 2 N–H and O–H groups in total. The van der Waals surface area contributed by atoms with Crippen molar-refractivity contribution in [3.8, 4) is 0 Å². The third-order valence-electron chi connectivity index (χ3n) is 2.67. The van der Waals surface area contributed by atoms with E-state index in [-0.39, 0.29) is 5.91 Å². The number of hydrogen-bond acceptors (Lipinski definition) is 4. The Kier molecular flexibility index (Phi) is 4.44. The number of carbonyl (C=O) groups is 2. The van der Waals surface area contributed by atoms with Crippen LogP contribution < -0.4 is 5.32 Å². The average molecular weight is 295 g/mol. The number of amides is 1. The molecule has 0 radical (unpaired) electrons. The first-order valence-corrected chi connectivity index (χ1v) is 7.20. The second kappa shape index (κ2) is 6.08. The van der Waals surface area contributed by atoms with Gasteiger partial charge in [-0.2, -0.15) is 12.6 Å². The molecule has 0 fully saturated rings. The molecule has 0 aliphatic carbocycles. The highest BCUT2D eigenvalue weighted by molar-refractivity contribution is 7.80. The van der Waals surface area contributed by atoms with Crippen LogP contribution in [-0.2, 0) is 4.79 Å². The Hall–Kier alpha value is -1.53. The van der Waals surface area contributed by atoms with Crippen LogP contribution in [0.4, 0.5) is 0 Å². The Morgan fingerprint density at radius 2 is 2.11 bits per heavy atom. The van der Waals surface area contributed by atoms with Gasteiger partial charge in [-0.05, 0) is 29.7 Å². The molecule has 1 atom stereocenters. The van der Waals surface area contributed by atoms with E-state index in [0.717, 1.165) is 10.1 Å². The molecule has 1 amide bonds. The van der Waals surface area contributed by atoms with E-state index >= 15 is 0 Å². The lowest BCUT2D eigenvalue weighted by atomic mass is 10.2. The van der Waals surface area contributed by atoms with Gasteiger partial charge in [-0.25, -0.2) is 4.79 Å². The first-order chi connectivity index (χ1) is 9.11. The third kappa shape index (κ3) is 3.27. The van der Waals surface area contributed by atoms with Crippen molar-refractivity contribution in [2.24, 2.45) is 0 Å². The lowest BCUT2D eigenvalue weighted by Gasteiger charge is -2.12. The molecular formula is C13H13NO3S2. The van der Waals surface area contributed by atoms with Gasteiger partial charge in [0.15, 0.2) is 0 Å². The van der Waals surface area contributed by atoms with Crippen molar-refractivity contribution in [2.75, 3.05) is 5.75 Å². The number of rotatable bonds is 5. The van der Waals surface area contributed by atoms with Crippen molar-refractivity contribution >= 4 is 45.9 Å². The number of benzene rings is 1. The van der Waals surface area contributed by atoms with Crippen LogP contribution in [0.1, 0.15) is 16.1 Å². The van der Waals surface area contributed by atoms with Gasteiger partial charge in [-0.3, -0.25) is 4.79 Å². The third-order valence-corrected chi connectivity index (χ3v) is 4.04. The largest absolute Gasteiger partial charge is 0.480 e. The van der Waals surface area contributed by atoms with Crippen LogP contribution in [0.25, 0.3) is 10.1 Å². The van der Waals surface area contributed by atoms with Gasteiger partial charge < -0.3 is 10.4 Å². The lowest BCUT2D eigenvalue weighted by molar-refractivity contribution is -0.139. The Balaban J connectivity index is 2.16. The van der Waals surface area contributed by atoms with Gasteiger partial charge in [0, 0.05) is 4.70 Å². The van der Waals surface area contributed by atoms with E-state index in [1.165, 1.54) is 11.3 Å². The highest BCUT2D eigenvalue weighted by Gasteiger charge is 2.20. The van der Waals surface area contributed by atoms with E-state index in [9.17, 15) is 9.59 Å². The normalized spacial score (nSPS) is 12.3. The molecule has 0 bridgehead atoms. The van der Waals surface area contributed by atoms with Crippen molar-refractivity contribution < 1.29 is 14.7 Å². The monoisotopic (exact) mass is 295 g/mol. The summed E-state index contributed by atoms with van der Waals surface area (Å²) in [4.78, 5) is 23.5. The topological polar surface area (TPSA) is 66.4 Å². The first-order valence-electron chi connectivity index (χ1n) is 5.75. The van der Waals surface area contributed by atoms with Gasteiger partial charge in [0.2, 0.25) is 0 Å². The number of carboxylic acid groups (broad SMARTS) is 1. The zero-order valence-electron chi connectivity index (χ0n) is 10.00. The predicted octanol–water partition coefficient (Wildman–Crippen LogP) is 2.40. The number of thiol groups is 1. The minimum atomic E-state index is -1.04. The number of carboxylic acids is 1. The summed E-state index contributed by atoms with van der Waals surface area (Å²) in [5.74, 6) is -0.984. The minimum Gasteiger partial charge on any atom is -0.480 e. The number of nitrogens with one attached hydrogen (secondary N) is 1. The zero-order valence-corrected chi connectivity index (χ0v) is 11.7. The minimum absolute atomic E-state index is 0.301. The molecule has 1 aromatic heterocycles. The molecular weight excluding hydrogens is 282 g/mol. The smallest absolute Gasteiger partial charge is 0.326 e. The number of carbonyl (C=O) groups excluding carboxylic acids is 1. The predicted molar refractivity (Wildman–Crippen MR) is 79.2 cm³/mol. The fourth-order valence-corrected chi connectivity index (χ4v) is 2.93. The van der Waals surface area contributed by atoms with E-state index in [1.54, 1.807) is 6.07 Å². The van der Waals surface area contributed by atoms with E-state index < -0.39 is 12.0 Å². The van der Waals surface area contributed by atoms with Crippen molar-refractivity contribution in [3.63, 3.8) is 0 Å². The number of aliphatic carboxylic acids is 1. The van der Waals surface area contributed by atoms with Crippen LogP contribution >= 0.6 is 24.0 Å². The molecule has 2 aromatic rings. The summed E-state index contributed by atoms with van der Waals surface area (Å²) in [6.45, 7) is 0. The molecule has 0 saturated heterocycles. The molecule has 0 spiro atoms. The van der Waals surface area contributed by atoms with Crippen LogP contribution in [0.3, 0.4) is 0 Å². The first kappa shape index (κ1) is 13.9. The van der Waals surface area contributed by atoms with Crippen LogP contribution in [0.2, 0.25) is 0 Å². The van der Waals surface area contributed by atoms with Gasteiger partial charge in [-0.15, -0.1) is 11.3 Å². The quantitative estimate of drug-likeness (QED) is 0.742. The molecule has 1 aromatic carbocycles. The molecule has 1 unspecified atom stereocenters. The number of fused-ring (bicyclic) bond motifs is 1. The number of hydrogen-bond donors (Lipinski definition) is 3. The highest BCUT2D eigenvalue weighted by Crippen LogP contribution is 2.25. The number of thiophene rings is 1. The molecule has 0 aliphatic heterocycles. The van der Waals surface area contributed by atoms with Crippen molar-refractivity contribution in [1.82, 2.24) is 5.32 Å². The van der Waals surface area contributed by atoms with E-state index in [2.05, 4.69) is 17.9 Å². The molecule has 100 valence electrons. The maximum atomic E-state index is 12.0. The standard InChI is InChI=1S/C13H13NO3S2/c15-12(14-9(5-6-18)13(16)17)11-7-8-3-1-2-4-10(8)19-11/h1-4,7,9,18H,5-6H2,(H,14,15)(H,16,17). The molecule has 0 aliphatic rings. The molecule has 19 heavy (non-hydrogen) atoms. The van der Waals surface area contributed by atoms with Gasteiger partial charge in [0.05, 0.1) is 4.88 Å². The molecule has 4 nitrogen and oxygen atoms in total. The summed E-state index contributed by atoms with van der Waals surface area (Å²) in [5.41, 5.74) is 0. The fourth-order valence-electron chi connectivity index (χ4n) is 1.71. The molecule has 0 saturated carbocycles. The second-order valence-electron chi connectivity index (χ2n) is 4.03. The van der Waals surface area contributed by atoms with Crippen LogP contribution in [0, 0.1) is 0 Å². The van der Waals surface area contributed by atoms with Crippen molar-refractivity contribution in [3.05, 3.63) is 35.2 Å². The van der Waals surface area contributed by atoms with E-state index in [0.29, 0.717) is 17.1 Å². The summed E-state index contributed by atoms with van der Waals surface area (Å²) >= 11 is 5.35. The summed E-state index contributed by atoms with van der Waals surface area (Å²) in [6.07, 6.45) is 0.301. The lowest BCUT2D eigenvalue weighted by Crippen LogP contribution is -2.40. The SMILES string of the molecule is O=C(NC(CCS)C(=O)O)c1cc2ccccc2s1. The fraction of sp³-hybridized carbons (Fsp3) is 0.231. The van der Waals surface area contributed by atoms with Gasteiger partial charge in [-0.1, -0.05) is 18.2 Å². The molecule has 1 heterocycles. The maximum absolute atomic E-state index is 12.0. The Bertz CT molecular complexity index is 576. The average Bonchev–Trinajstić information content (AvgIpc) is 2.81. The highest BCUT2D eigenvalue weighted by atomic mass is 32.1. The molecule has 6 heteroatoms.